The number of aliphatic hydroxyl groups is 1. The predicted octanol–water partition coefficient (Wildman–Crippen LogP) is 6.24. The van der Waals surface area contributed by atoms with Gasteiger partial charge in [0.2, 0.25) is 5.95 Å². The molecule has 7 rings (SSSR count). The van der Waals surface area contributed by atoms with E-state index in [1.54, 1.807) is 42.8 Å². The molecule has 264 valence electrons. The number of nitrogens with zero attached hydrogens (tertiary/aromatic N) is 7. The van der Waals surface area contributed by atoms with E-state index in [1.807, 2.05) is 47.0 Å². The molecule has 1 aliphatic heterocycles. The highest BCUT2D eigenvalue weighted by molar-refractivity contribution is 5.89. The second-order valence-electron chi connectivity index (χ2n) is 13.7. The molecular formula is C38H43N9O4. The summed E-state index contributed by atoms with van der Waals surface area (Å²) in [5.74, 6) is 2.52. The molecule has 1 saturated heterocycles. The minimum atomic E-state index is -0.896. The number of pyridine rings is 1. The lowest BCUT2D eigenvalue weighted by atomic mass is 9.85. The third kappa shape index (κ3) is 7.05. The van der Waals surface area contributed by atoms with E-state index in [-0.39, 0.29) is 25.4 Å². The molecule has 13 heteroatoms. The number of carbonyl (C=O) groups is 1. The molecule has 0 bridgehead atoms. The summed E-state index contributed by atoms with van der Waals surface area (Å²) in [4.78, 5) is 16.0. The van der Waals surface area contributed by atoms with E-state index in [2.05, 4.69) is 44.8 Å². The topological polar surface area (TPSA) is 155 Å². The van der Waals surface area contributed by atoms with Crippen molar-refractivity contribution in [2.24, 2.45) is 0 Å². The molecule has 51 heavy (non-hydrogen) atoms. The number of anilines is 2. The van der Waals surface area contributed by atoms with Crippen LogP contribution in [0.15, 0.2) is 72.9 Å². The zero-order chi connectivity index (χ0) is 35.5. The van der Waals surface area contributed by atoms with Crippen LogP contribution in [0.2, 0.25) is 0 Å². The van der Waals surface area contributed by atoms with Crippen molar-refractivity contribution >= 4 is 23.4 Å². The van der Waals surface area contributed by atoms with Crippen LogP contribution in [0.5, 0.6) is 11.5 Å². The molecule has 1 fully saturated rings. The molecule has 2 amide bonds. The van der Waals surface area contributed by atoms with Crippen molar-refractivity contribution < 1.29 is 19.4 Å². The zero-order valence-electron chi connectivity index (χ0n) is 29.1. The number of urea groups is 1. The van der Waals surface area contributed by atoms with Crippen LogP contribution >= 0.6 is 0 Å². The van der Waals surface area contributed by atoms with Crippen molar-refractivity contribution in [3.63, 3.8) is 0 Å². The smallest absolute Gasteiger partial charge is 0.320 e. The first-order chi connectivity index (χ1) is 24.7. The number of rotatable bonds is 10. The SMILES string of the molecule is CC1CCCCN1c1nnc2ccc(O[C@@H]3CC[C@H](NC(=O)Nc4cc(C(C)(C)C#N)nn4-c4cccc(OCCO)c4)c4ccccc43)cn12. The van der Waals surface area contributed by atoms with Gasteiger partial charge in [-0.05, 0) is 88.3 Å². The van der Waals surface area contributed by atoms with Gasteiger partial charge in [-0.2, -0.15) is 10.4 Å². The Morgan fingerprint density at radius 1 is 1.02 bits per heavy atom. The Balaban J connectivity index is 1.09. The van der Waals surface area contributed by atoms with Crippen LogP contribution in [0.3, 0.4) is 0 Å². The normalized spacial score (nSPS) is 18.9. The molecule has 0 spiro atoms. The molecule has 3 atom stereocenters. The fourth-order valence-electron chi connectivity index (χ4n) is 6.92. The van der Waals surface area contributed by atoms with Gasteiger partial charge in [-0.15, -0.1) is 10.2 Å². The van der Waals surface area contributed by atoms with Crippen molar-refractivity contribution in [2.75, 3.05) is 30.0 Å². The van der Waals surface area contributed by atoms with Crippen molar-refractivity contribution in [1.29, 1.82) is 5.26 Å². The molecule has 1 aliphatic carbocycles. The number of aliphatic hydroxyl groups excluding tert-OH is 1. The van der Waals surface area contributed by atoms with E-state index in [4.69, 9.17) is 14.6 Å². The Labute approximate surface area is 296 Å². The summed E-state index contributed by atoms with van der Waals surface area (Å²) >= 11 is 0. The lowest BCUT2D eigenvalue weighted by molar-refractivity contribution is 0.171. The summed E-state index contributed by atoms with van der Waals surface area (Å²) < 4.78 is 15.8. The number of benzene rings is 2. The number of nitrogens with one attached hydrogen (secondary N) is 2. The minimum Gasteiger partial charge on any atom is -0.491 e. The number of nitriles is 1. The molecule has 0 saturated carbocycles. The first-order valence-electron chi connectivity index (χ1n) is 17.5. The second kappa shape index (κ2) is 14.3. The highest BCUT2D eigenvalue weighted by atomic mass is 16.5. The maximum absolute atomic E-state index is 13.6. The van der Waals surface area contributed by atoms with Gasteiger partial charge in [0, 0.05) is 24.7 Å². The van der Waals surface area contributed by atoms with Crippen LogP contribution in [0.1, 0.15) is 81.8 Å². The largest absolute Gasteiger partial charge is 0.491 e. The quantitative estimate of drug-likeness (QED) is 0.155. The highest BCUT2D eigenvalue weighted by Crippen LogP contribution is 2.39. The third-order valence-corrected chi connectivity index (χ3v) is 9.73. The van der Waals surface area contributed by atoms with Crippen molar-refractivity contribution in [3.8, 4) is 23.3 Å². The molecule has 2 aliphatic rings. The Hall–Kier alpha value is -5.61. The monoisotopic (exact) mass is 689 g/mol. The lowest BCUT2D eigenvalue weighted by Gasteiger charge is -2.33. The molecule has 2 aromatic carbocycles. The van der Waals surface area contributed by atoms with E-state index >= 15 is 0 Å². The Kier molecular flexibility index (Phi) is 9.51. The Morgan fingerprint density at radius 2 is 1.86 bits per heavy atom. The van der Waals surface area contributed by atoms with Crippen LogP contribution in [0, 0.1) is 11.3 Å². The summed E-state index contributed by atoms with van der Waals surface area (Å²) in [7, 11) is 0. The third-order valence-electron chi connectivity index (χ3n) is 9.73. The number of ether oxygens (including phenoxy) is 2. The van der Waals surface area contributed by atoms with E-state index in [0.717, 1.165) is 47.9 Å². The van der Waals surface area contributed by atoms with Gasteiger partial charge in [-0.1, -0.05) is 30.3 Å². The first kappa shape index (κ1) is 33.9. The van der Waals surface area contributed by atoms with Gasteiger partial charge >= 0.3 is 6.03 Å². The van der Waals surface area contributed by atoms with E-state index < -0.39 is 11.4 Å². The average Bonchev–Trinajstić information content (AvgIpc) is 3.77. The van der Waals surface area contributed by atoms with Gasteiger partial charge in [0.1, 0.15) is 30.0 Å². The molecule has 5 aromatic rings. The maximum Gasteiger partial charge on any atom is 0.320 e. The predicted molar refractivity (Wildman–Crippen MR) is 192 cm³/mol. The van der Waals surface area contributed by atoms with Crippen LogP contribution < -0.4 is 25.0 Å². The number of hydrogen-bond acceptors (Lipinski definition) is 9. The fraction of sp³-hybridized carbons (Fsp3) is 0.395. The summed E-state index contributed by atoms with van der Waals surface area (Å²) in [5, 5.41) is 38.8. The van der Waals surface area contributed by atoms with Crippen LogP contribution in [0.4, 0.5) is 16.6 Å². The lowest BCUT2D eigenvalue weighted by Crippen LogP contribution is -2.38. The van der Waals surface area contributed by atoms with Gasteiger partial charge in [0.05, 0.1) is 41.7 Å². The first-order valence-corrected chi connectivity index (χ1v) is 17.5. The van der Waals surface area contributed by atoms with E-state index in [0.29, 0.717) is 41.8 Å². The summed E-state index contributed by atoms with van der Waals surface area (Å²) in [6, 6.07) is 22.9. The van der Waals surface area contributed by atoms with Crippen molar-refractivity contribution in [1.82, 2.24) is 29.7 Å². The maximum atomic E-state index is 13.6. The Bertz CT molecular complexity index is 2070. The fourth-order valence-corrected chi connectivity index (χ4v) is 6.92. The molecule has 1 unspecified atom stereocenters. The molecular weight excluding hydrogens is 646 g/mol. The summed E-state index contributed by atoms with van der Waals surface area (Å²) in [5.41, 5.74) is 3.03. The number of fused-ring (bicyclic) bond motifs is 2. The number of amides is 2. The van der Waals surface area contributed by atoms with Gasteiger partial charge in [-0.3, -0.25) is 9.72 Å². The second-order valence-corrected chi connectivity index (χ2v) is 13.7. The van der Waals surface area contributed by atoms with Crippen molar-refractivity contribution in [2.45, 2.75) is 76.5 Å². The number of carbonyl (C=O) groups excluding carboxylic acids is 1. The van der Waals surface area contributed by atoms with Crippen LogP contribution in [-0.4, -0.2) is 61.3 Å². The summed E-state index contributed by atoms with van der Waals surface area (Å²) in [6.45, 7) is 6.78. The number of hydrogen-bond donors (Lipinski definition) is 3. The van der Waals surface area contributed by atoms with Crippen LogP contribution in [0.25, 0.3) is 11.3 Å². The molecule has 0 radical (unpaired) electrons. The molecule has 13 nitrogen and oxygen atoms in total. The molecule has 4 heterocycles. The number of aromatic nitrogens is 5. The van der Waals surface area contributed by atoms with Gasteiger partial charge < -0.3 is 24.8 Å². The van der Waals surface area contributed by atoms with Gasteiger partial charge in [-0.25, -0.2) is 9.48 Å². The van der Waals surface area contributed by atoms with Gasteiger partial charge in [0.15, 0.2) is 5.65 Å². The minimum absolute atomic E-state index is 0.116. The number of piperidine rings is 1. The average molecular weight is 690 g/mol. The van der Waals surface area contributed by atoms with Gasteiger partial charge in [0.25, 0.3) is 0 Å². The van der Waals surface area contributed by atoms with E-state index in [9.17, 15) is 15.2 Å². The Morgan fingerprint density at radius 3 is 2.67 bits per heavy atom. The molecule has 3 N–H and O–H groups in total. The van der Waals surface area contributed by atoms with Crippen molar-refractivity contribution in [3.05, 3.63) is 89.7 Å². The highest BCUT2D eigenvalue weighted by Gasteiger charge is 2.31. The van der Waals surface area contributed by atoms with Crippen LogP contribution in [-0.2, 0) is 5.41 Å². The zero-order valence-corrected chi connectivity index (χ0v) is 29.1. The van der Waals surface area contributed by atoms with E-state index in [1.165, 1.54) is 6.42 Å². The molecule has 3 aromatic heterocycles. The standard InChI is InChI=1S/C38H43N9O4/c1-25-9-6-7-18-45(25)37-43-42-34-17-14-28(23-46(34)37)51-32-16-15-31(29-12-4-5-13-30(29)32)40-36(49)41-35-22-33(38(2,3)24-39)44-47(35)26-10-8-11-27(21-26)50-20-19-48/h4-5,8,10-14,17,21-23,25,31-32,48H,6-7,9,15-16,18-20H2,1-3H3,(H2,40,41,49)/t25?,31-,32+/m0/s1. The summed E-state index contributed by atoms with van der Waals surface area (Å²) in [6.07, 6.45) is 6.63.